The minimum Gasteiger partial charge on any atom is -0.331 e. The third-order valence-corrected chi connectivity index (χ3v) is 6.60. The van der Waals surface area contributed by atoms with E-state index < -0.39 is 11.7 Å². The Kier molecular flexibility index (Phi) is 4.70. The molecule has 0 unspecified atom stereocenters. The Bertz CT molecular complexity index is 1420. The van der Waals surface area contributed by atoms with Crippen LogP contribution < -0.4 is 5.56 Å². The van der Waals surface area contributed by atoms with Crippen LogP contribution in [0, 0.1) is 6.92 Å². The summed E-state index contributed by atoms with van der Waals surface area (Å²) in [5, 5.41) is 2.27. The van der Waals surface area contributed by atoms with Crippen LogP contribution in [0.3, 0.4) is 0 Å². The average Bonchev–Trinajstić information content (AvgIpc) is 3.36. The summed E-state index contributed by atoms with van der Waals surface area (Å²) in [7, 11) is 0. The summed E-state index contributed by atoms with van der Waals surface area (Å²) < 4.78 is 43.2. The van der Waals surface area contributed by atoms with E-state index in [-0.39, 0.29) is 30.2 Å². The quantitative estimate of drug-likeness (QED) is 0.462. The molecule has 1 aliphatic heterocycles. The zero-order chi connectivity index (χ0) is 22.6. The lowest BCUT2D eigenvalue weighted by atomic mass is 10.1. The SMILES string of the molecule is Cc1cn(-c2ccc3n(c2=O)CCN(Cc2csc4ccc(C(F)(F)F)cc24)C3=O)cn1. The maximum atomic E-state index is 13.1. The molecule has 0 spiro atoms. The van der Waals surface area contributed by atoms with E-state index >= 15 is 0 Å². The zero-order valence-electron chi connectivity index (χ0n) is 16.9. The molecule has 0 saturated carbocycles. The van der Waals surface area contributed by atoms with Gasteiger partial charge in [0.25, 0.3) is 11.5 Å². The molecule has 6 nitrogen and oxygen atoms in total. The van der Waals surface area contributed by atoms with E-state index in [1.54, 1.807) is 39.5 Å². The van der Waals surface area contributed by atoms with Crippen LogP contribution in [-0.2, 0) is 19.3 Å². The monoisotopic (exact) mass is 458 g/mol. The number of aromatic nitrogens is 3. The van der Waals surface area contributed by atoms with Crippen molar-refractivity contribution in [1.29, 1.82) is 0 Å². The Labute approximate surface area is 184 Å². The molecule has 10 heteroatoms. The van der Waals surface area contributed by atoms with E-state index in [2.05, 4.69) is 4.98 Å². The molecule has 4 aromatic rings. The Hall–Kier alpha value is -3.40. The Balaban J connectivity index is 1.46. The molecule has 0 bridgehead atoms. The van der Waals surface area contributed by atoms with Gasteiger partial charge in [0.15, 0.2) is 0 Å². The molecule has 3 aromatic heterocycles. The van der Waals surface area contributed by atoms with Crippen LogP contribution in [0.15, 0.2) is 53.0 Å². The van der Waals surface area contributed by atoms with Crippen molar-refractivity contribution in [2.45, 2.75) is 26.2 Å². The number of carbonyl (C=O) groups is 1. The van der Waals surface area contributed by atoms with Crippen LogP contribution in [0.5, 0.6) is 0 Å². The number of hydrogen-bond acceptors (Lipinski definition) is 4. The van der Waals surface area contributed by atoms with Gasteiger partial charge >= 0.3 is 6.18 Å². The lowest BCUT2D eigenvalue weighted by molar-refractivity contribution is -0.137. The third kappa shape index (κ3) is 3.40. The second-order valence-electron chi connectivity index (χ2n) is 7.68. The molecule has 0 aliphatic carbocycles. The number of benzene rings is 1. The summed E-state index contributed by atoms with van der Waals surface area (Å²) in [6.07, 6.45) is -1.15. The second kappa shape index (κ2) is 7.33. The molecule has 0 saturated heterocycles. The predicted molar refractivity (Wildman–Crippen MR) is 114 cm³/mol. The Morgan fingerprint density at radius 2 is 1.94 bits per heavy atom. The van der Waals surface area contributed by atoms with E-state index in [4.69, 9.17) is 0 Å². The summed E-state index contributed by atoms with van der Waals surface area (Å²) in [5.74, 6) is -0.326. The number of fused-ring (bicyclic) bond motifs is 2. The smallest absolute Gasteiger partial charge is 0.331 e. The highest BCUT2D eigenvalue weighted by Gasteiger charge is 2.31. The van der Waals surface area contributed by atoms with Crippen molar-refractivity contribution in [1.82, 2.24) is 19.0 Å². The average molecular weight is 458 g/mol. The van der Waals surface area contributed by atoms with Gasteiger partial charge in [0, 0.05) is 30.5 Å². The number of nitrogens with zero attached hydrogens (tertiary/aromatic N) is 4. The molecule has 164 valence electrons. The van der Waals surface area contributed by atoms with Crippen LogP contribution >= 0.6 is 11.3 Å². The van der Waals surface area contributed by atoms with Crippen molar-refractivity contribution >= 4 is 27.3 Å². The highest BCUT2D eigenvalue weighted by atomic mass is 32.1. The number of thiophene rings is 1. The van der Waals surface area contributed by atoms with E-state index in [9.17, 15) is 22.8 Å². The third-order valence-electron chi connectivity index (χ3n) is 5.59. The number of aryl methyl sites for hydroxylation is 1. The summed E-state index contributed by atoms with van der Waals surface area (Å²) in [6.45, 7) is 2.59. The Morgan fingerprint density at radius 1 is 1.12 bits per heavy atom. The van der Waals surface area contributed by atoms with E-state index in [0.717, 1.165) is 22.5 Å². The number of rotatable bonds is 3. The van der Waals surface area contributed by atoms with E-state index in [0.29, 0.717) is 23.2 Å². The van der Waals surface area contributed by atoms with Gasteiger partial charge < -0.3 is 14.0 Å². The van der Waals surface area contributed by atoms with Crippen molar-refractivity contribution in [2.24, 2.45) is 0 Å². The molecule has 32 heavy (non-hydrogen) atoms. The van der Waals surface area contributed by atoms with E-state index in [1.165, 1.54) is 22.0 Å². The van der Waals surface area contributed by atoms with Gasteiger partial charge in [-0.1, -0.05) is 0 Å². The topological polar surface area (TPSA) is 60.1 Å². The van der Waals surface area contributed by atoms with Gasteiger partial charge in [0.2, 0.25) is 0 Å². The normalized spacial score (nSPS) is 14.2. The van der Waals surface area contributed by atoms with Crippen LogP contribution in [0.1, 0.15) is 27.3 Å². The number of pyridine rings is 1. The van der Waals surface area contributed by atoms with Gasteiger partial charge in [-0.25, -0.2) is 4.98 Å². The van der Waals surface area contributed by atoms with Crippen molar-refractivity contribution in [2.75, 3.05) is 6.54 Å². The molecule has 0 N–H and O–H groups in total. The lowest BCUT2D eigenvalue weighted by Gasteiger charge is -2.29. The standard InChI is InChI=1S/C22H17F3N4O2S/c1-13-9-28(12-26-13)17-3-4-18-20(30)27(6-7-29(18)21(17)31)10-14-11-32-19-5-2-15(8-16(14)19)22(23,24)25/h2-5,8-9,11-12H,6-7,10H2,1H3. The molecule has 0 atom stereocenters. The highest BCUT2D eigenvalue weighted by molar-refractivity contribution is 7.17. The number of hydrogen-bond donors (Lipinski definition) is 0. The van der Waals surface area contributed by atoms with E-state index in [1.807, 2.05) is 6.92 Å². The summed E-state index contributed by atoms with van der Waals surface area (Å²) in [4.78, 5) is 31.7. The van der Waals surface area contributed by atoms with Gasteiger partial charge in [-0.3, -0.25) is 9.59 Å². The van der Waals surface area contributed by atoms with Crippen molar-refractivity contribution in [3.05, 3.63) is 81.1 Å². The zero-order valence-corrected chi connectivity index (χ0v) is 17.7. The molecule has 0 radical (unpaired) electrons. The maximum Gasteiger partial charge on any atom is 0.416 e. The molecule has 1 aliphatic rings. The van der Waals surface area contributed by atoms with Gasteiger partial charge in [-0.2, -0.15) is 13.2 Å². The first-order valence-corrected chi connectivity index (χ1v) is 10.7. The van der Waals surface area contributed by atoms with Crippen molar-refractivity contribution in [3.63, 3.8) is 0 Å². The number of halogens is 3. The minimum atomic E-state index is -4.43. The highest BCUT2D eigenvalue weighted by Crippen LogP contribution is 2.35. The summed E-state index contributed by atoms with van der Waals surface area (Å²) in [6, 6.07) is 6.85. The van der Waals surface area contributed by atoms with Crippen LogP contribution in [0.25, 0.3) is 15.8 Å². The van der Waals surface area contributed by atoms with Crippen LogP contribution in [0.4, 0.5) is 13.2 Å². The molecule has 0 fully saturated rings. The predicted octanol–water partition coefficient (Wildman–Crippen LogP) is 4.23. The van der Waals surface area contributed by atoms with Crippen LogP contribution in [0.2, 0.25) is 0 Å². The number of carbonyl (C=O) groups excluding carboxylic acids is 1. The minimum absolute atomic E-state index is 0.177. The maximum absolute atomic E-state index is 13.1. The first kappa shape index (κ1) is 20.5. The fraction of sp³-hybridized carbons (Fsp3) is 0.227. The second-order valence-corrected chi connectivity index (χ2v) is 8.59. The molecule has 5 rings (SSSR count). The molecular weight excluding hydrogens is 441 g/mol. The van der Waals surface area contributed by atoms with Crippen molar-refractivity contribution in [3.8, 4) is 5.69 Å². The van der Waals surface area contributed by atoms with Gasteiger partial charge in [0.1, 0.15) is 11.4 Å². The van der Waals surface area contributed by atoms with Gasteiger partial charge in [0.05, 0.1) is 17.6 Å². The van der Waals surface area contributed by atoms with Gasteiger partial charge in [-0.15, -0.1) is 11.3 Å². The fourth-order valence-corrected chi connectivity index (χ4v) is 4.88. The first-order chi connectivity index (χ1) is 15.2. The van der Waals surface area contributed by atoms with Gasteiger partial charge in [-0.05, 0) is 53.6 Å². The first-order valence-electron chi connectivity index (χ1n) is 9.84. The number of imidazole rings is 1. The number of amides is 1. The van der Waals surface area contributed by atoms with Crippen molar-refractivity contribution < 1.29 is 18.0 Å². The molecule has 1 amide bonds. The largest absolute Gasteiger partial charge is 0.416 e. The van der Waals surface area contributed by atoms with Crippen LogP contribution in [-0.4, -0.2) is 31.5 Å². The summed E-state index contributed by atoms with van der Waals surface area (Å²) in [5.41, 5.74) is 1.09. The molecule has 1 aromatic carbocycles. The number of alkyl halides is 3. The summed E-state index contributed by atoms with van der Waals surface area (Å²) >= 11 is 1.34. The molecule has 4 heterocycles. The fourth-order valence-electron chi connectivity index (χ4n) is 3.95. The lowest BCUT2D eigenvalue weighted by Crippen LogP contribution is -2.44. The molecular formula is C22H17F3N4O2S. The Morgan fingerprint density at radius 3 is 2.66 bits per heavy atom.